The molecule has 5 saturated carbocycles. The molecule has 0 aromatic carbocycles. The number of alkyl halides is 3. The smallest absolute Gasteiger partial charge is 0.434 e. The molecule has 0 radical (unpaired) electrons. The molecular formula is C31H36F3N7O3S. The highest BCUT2D eigenvalue weighted by molar-refractivity contribution is 7.94. The minimum Gasteiger partial charge on any atom is -0.480 e. The molecule has 6 aliphatic rings. The Labute approximate surface area is 259 Å². The van der Waals surface area contributed by atoms with E-state index in [-0.39, 0.29) is 17.4 Å². The van der Waals surface area contributed by atoms with E-state index in [0.29, 0.717) is 92.4 Å². The van der Waals surface area contributed by atoms with Crippen LogP contribution in [0.3, 0.4) is 0 Å². The Morgan fingerprint density at radius 2 is 1.69 bits per heavy atom. The van der Waals surface area contributed by atoms with E-state index in [0.717, 1.165) is 24.7 Å². The summed E-state index contributed by atoms with van der Waals surface area (Å²) in [5, 5.41) is 0. The van der Waals surface area contributed by atoms with Crippen LogP contribution in [0.5, 0.6) is 5.88 Å². The number of nitrogens with zero attached hydrogens (tertiary/aromatic N) is 7. The first kappa shape index (κ1) is 29.1. The zero-order chi connectivity index (χ0) is 31.6. The van der Waals surface area contributed by atoms with Gasteiger partial charge in [0.15, 0.2) is 17.3 Å². The van der Waals surface area contributed by atoms with E-state index < -0.39 is 32.1 Å². The van der Waals surface area contributed by atoms with E-state index in [1.54, 1.807) is 10.8 Å². The Morgan fingerprint density at radius 1 is 1.00 bits per heavy atom. The van der Waals surface area contributed by atoms with Crippen molar-refractivity contribution in [3.05, 3.63) is 41.5 Å². The molecule has 0 unspecified atom stereocenters. The summed E-state index contributed by atoms with van der Waals surface area (Å²) < 4.78 is 77.3. The number of imidazole rings is 1. The van der Waals surface area contributed by atoms with Crippen molar-refractivity contribution in [2.45, 2.75) is 106 Å². The molecule has 5 fully saturated rings. The van der Waals surface area contributed by atoms with Crippen molar-refractivity contribution >= 4 is 15.8 Å². The van der Waals surface area contributed by atoms with Crippen molar-refractivity contribution < 1.29 is 26.3 Å². The van der Waals surface area contributed by atoms with Crippen LogP contribution in [0.15, 0.2) is 18.7 Å². The van der Waals surface area contributed by atoms with Gasteiger partial charge in [0.05, 0.1) is 12.8 Å². The molecule has 0 N–H and O–H groups in total. The van der Waals surface area contributed by atoms with Gasteiger partial charge in [-0.05, 0) is 83.5 Å². The van der Waals surface area contributed by atoms with Gasteiger partial charge >= 0.3 is 6.18 Å². The van der Waals surface area contributed by atoms with E-state index in [2.05, 4.69) is 19.9 Å². The van der Waals surface area contributed by atoms with Crippen molar-refractivity contribution in [2.75, 3.05) is 18.0 Å². The van der Waals surface area contributed by atoms with Crippen LogP contribution < -0.4 is 9.04 Å². The zero-order valence-electron chi connectivity index (χ0n) is 25.6. The number of hydrogen-bond acceptors (Lipinski definition) is 8. The first-order valence-corrected chi connectivity index (χ1v) is 17.2. The highest BCUT2D eigenvalue weighted by Gasteiger charge is 2.66. The molecule has 1 aliphatic heterocycles. The number of aromatic nitrogens is 6. The fourth-order valence-electron chi connectivity index (χ4n) is 8.14. The maximum Gasteiger partial charge on any atom is 0.434 e. The summed E-state index contributed by atoms with van der Waals surface area (Å²) in [5.74, 6) is 1.92. The van der Waals surface area contributed by atoms with Gasteiger partial charge in [0.2, 0.25) is 15.9 Å². The summed E-state index contributed by atoms with van der Waals surface area (Å²) in [6, 6.07) is -0.157. The molecular weight excluding hydrogens is 607 g/mol. The first-order valence-electron chi connectivity index (χ1n) is 15.8. The standard InChI is InChI=1S/C31H36F3N7O3S/c1-18(2)40-15-21(31(32,33)34)38-27(40)29-9-6-28(7-10-29,8-11-29)16-41-25-20(30(12-13-30)45(41,42)43)14-35-24(39-25)22-23(19-4-5-19)36-17-37-26(22)44-3/h14-15,17-19H,4-13,16H2,1-3H3. The summed E-state index contributed by atoms with van der Waals surface area (Å²) in [7, 11) is -2.21. The molecule has 3 aromatic rings. The molecule has 5 aliphatic carbocycles. The van der Waals surface area contributed by atoms with Crippen molar-refractivity contribution in [2.24, 2.45) is 5.41 Å². The fraction of sp³-hybridized carbons (Fsp3) is 0.645. The molecule has 1 spiro atoms. The van der Waals surface area contributed by atoms with Crippen molar-refractivity contribution in [3.63, 3.8) is 0 Å². The van der Waals surface area contributed by atoms with Gasteiger partial charge in [-0.25, -0.2) is 33.3 Å². The molecule has 45 heavy (non-hydrogen) atoms. The minimum absolute atomic E-state index is 0.157. The first-order chi connectivity index (χ1) is 21.3. The number of fused-ring (bicyclic) bond motifs is 5. The quantitative estimate of drug-likeness (QED) is 0.306. The van der Waals surface area contributed by atoms with Crippen LogP contribution in [0, 0.1) is 5.41 Å². The lowest BCUT2D eigenvalue weighted by molar-refractivity contribution is -0.141. The Balaban J connectivity index is 1.13. The van der Waals surface area contributed by atoms with E-state index >= 15 is 0 Å². The molecule has 240 valence electrons. The van der Waals surface area contributed by atoms with Gasteiger partial charge in [-0.15, -0.1) is 0 Å². The Kier molecular flexibility index (Phi) is 6.08. The van der Waals surface area contributed by atoms with E-state index in [4.69, 9.17) is 9.72 Å². The number of hydrogen-bond donors (Lipinski definition) is 0. The molecule has 0 atom stereocenters. The van der Waals surface area contributed by atoms with Gasteiger partial charge in [-0.2, -0.15) is 13.2 Å². The van der Waals surface area contributed by atoms with E-state index in [9.17, 15) is 21.6 Å². The monoisotopic (exact) mass is 643 g/mol. The van der Waals surface area contributed by atoms with Gasteiger partial charge in [-0.3, -0.25) is 4.31 Å². The highest BCUT2D eigenvalue weighted by Crippen LogP contribution is 2.64. The molecule has 0 saturated heterocycles. The largest absolute Gasteiger partial charge is 0.480 e. The van der Waals surface area contributed by atoms with Crippen molar-refractivity contribution in [1.82, 2.24) is 29.5 Å². The number of methoxy groups -OCH3 is 1. The number of rotatable bonds is 7. The molecule has 2 bridgehead atoms. The topological polar surface area (TPSA) is 116 Å². The van der Waals surface area contributed by atoms with Crippen LogP contribution in [0.25, 0.3) is 11.4 Å². The lowest BCUT2D eigenvalue weighted by atomic mass is 9.53. The van der Waals surface area contributed by atoms with Crippen LogP contribution >= 0.6 is 0 Å². The highest BCUT2D eigenvalue weighted by atomic mass is 32.2. The molecule has 0 amide bonds. The zero-order valence-corrected chi connectivity index (χ0v) is 26.4. The van der Waals surface area contributed by atoms with Crippen LogP contribution in [-0.2, 0) is 26.4 Å². The van der Waals surface area contributed by atoms with Gasteiger partial charge in [0.1, 0.15) is 22.5 Å². The molecule has 4 heterocycles. The predicted octanol–water partition coefficient (Wildman–Crippen LogP) is 6.05. The predicted molar refractivity (Wildman–Crippen MR) is 158 cm³/mol. The number of anilines is 1. The average molecular weight is 644 g/mol. The number of ether oxygens (including phenoxy) is 1. The number of sulfonamides is 1. The maximum absolute atomic E-state index is 14.2. The third-order valence-electron chi connectivity index (χ3n) is 11.1. The average Bonchev–Trinajstić information content (AvgIpc) is 3.96. The molecule has 10 nitrogen and oxygen atoms in total. The van der Waals surface area contributed by atoms with Gasteiger partial charge in [0, 0.05) is 41.9 Å². The van der Waals surface area contributed by atoms with Crippen LogP contribution in [0.2, 0.25) is 0 Å². The molecule has 9 rings (SSSR count). The summed E-state index contributed by atoms with van der Waals surface area (Å²) in [4.78, 5) is 22.6. The SMILES string of the molecule is COc1ncnc(C2CC2)c1-c1ncc2c(n1)N(CC13CCC(c4nc(C(F)(F)F)cn4C(C)C)(CC1)CC3)S(=O)(=O)C21CC1. The van der Waals surface area contributed by atoms with Crippen LogP contribution in [0.1, 0.15) is 113 Å². The third kappa shape index (κ3) is 4.19. The summed E-state index contributed by atoms with van der Waals surface area (Å²) in [6.07, 6.45) is 6.95. The summed E-state index contributed by atoms with van der Waals surface area (Å²) in [6.45, 7) is 4.05. The normalized spacial score (nSPS) is 27.8. The minimum atomic E-state index is -4.51. The second-order valence-electron chi connectivity index (χ2n) is 14.1. The second kappa shape index (κ2) is 9.38. The van der Waals surface area contributed by atoms with Gasteiger partial charge in [0.25, 0.3) is 0 Å². The Morgan fingerprint density at radius 3 is 2.27 bits per heavy atom. The molecule has 14 heteroatoms. The van der Waals surface area contributed by atoms with Crippen LogP contribution in [-0.4, -0.2) is 51.6 Å². The van der Waals surface area contributed by atoms with E-state index in [1.165, 1.54) is 17.7 Å². The Bertz CT molecular complexity index is 1790. The van der Waals surface area contributed by atoms with Crippen LogP contribution in [0.4, 0.5) is 19.0 Å². The second-order valence-corrected chi connectivity index (χ2v) is 16.3. The maximum atomic E-state index is 14.2. The van der Waals surface area contributed by atoms with Crippen molar-refractivity contribution in [1.29, 1.82) is 0 Å². The van der Waals surface area contributed by atoms with Gasteiger partial charge in [-0.1, -0.05) is 0 Å². The summed E-state index contributed by atoms with van der Waals surface area (Å²) in [5.41, 5.74) is 0.471. The third-order valence-corrected chi connectivity index (χ3v) is 13.6. The molecule has 3 aromatic heterocycles. The van der Waals surface area contributed by atoms with E-state index in [1.807, 2.05) is 13.8 Å². The Hall–Kier alpha value is -3.29. The summed E-state index contributed by atoms with van der Waals surface area (Å²) >= 11 is 0. The van der Waals surface area contributed by atoms with Gasteiger partial charge < -0.3 is 9.30 Å². The lowest BCUT2D eigenvalue weighted by Crippen LogP contribution is -2.51. The lowest BCUT2D eigenvalue weighted by Gasteiger charge is -2.54. The number of halogens is 3. The van der Waals surface area contributed by atoms with Crippen molar-refractivity contribution in [3.8, 4) is 17.3 Å². The fourth-order valence-corrected chi connectivity index (χ4v) is 10.4.